The Balaban J connectivity index is 1.68. The van der Waals surface area contributed by atoms with E-state index in [0.29, 0.717) is 30.3 Å². The van der Waals surface area contributed by atoms with Gasteiger partial charge in [-0.3, -0.25) is 0 Å². The van der Waals surface area contributed by atoms with Gasteiger partial charge in [0.05, 0.1) is 18.3 Å². The van der Waals surface area contributed by atoms with Crippen molar-refractivity contribution in [1.29, 1.82) is 0 Å². The number of nitrogens with zero attached hydrogens (tertiary/aromatic N) is 1. The highest BCUT2D eigenvalue weighted by molar-refractivity contribution is 6.30. The van der Waals surface area contributed by atoms with Crippen LogP contribution in [-0.2, 0) is 6.54 Å². The highest BCUT2D eigenvalue weighted by atomic mass is 35.5. The van der Waals surface area contributed by atoms with Crippen LogP contribution in [0.1, 0.15) is 23.6 Å². The van der Waals surface area contributed by atoms with E-state index in [4.69, 9.17) is 16.3 Å². The first-order valence-electron chi connectivity index (χ1n) is 9.50. The van der Waals surface area contributed by atoms with Gasteiger partial charge in [-0.1, -0.05) is 41.9 Å². The van der Waals surface area contributed by atoms with Gasteiger partial charge in [0.2, 0.25) is 0 Å². The van der Waals surface area contributed by atoms with Crippen LogP contribution in [0.3, 0.4) is 0 Å². The molecule has 0 aliphatic carbocycles. The number of carbonyl (C=O) groups is 1. The van der Waals surface area contributed by atoms with Crippen LogP contribution in [0.5, 0.6) is 5.75 Å². The predicted molar refractivity (Wildman–Crippen MR) is 112 cm³/mol. The third kappa shape index (κ3) is 4.39. The standard InChI is InChI=1S/C23H19ClF2N2O2/c24-16-6-9-22-18(12-16)21(10-11-30-22)28(14-15-4-2-1-3-5-15)23(29)27-20-8-7-17(25)13-19(20)26/h1-9,12-13,21H,10-11,14H2,(H,27,29). The summed E-state index contributed by atoms with van der Waals surface area (Å²) in [6.45, 7) is 0.731. The third-order valence-corrected chi connectivity index (χ3v) is 5.22. The van der Waals surface area contributed by atoms with Gasteiger partial charge in [0, 0.05) is 29.6 Å². The van der Waals surface area contributed by atoms with Gasteiger partial charge in [0.15, 0.2) is 0 Å². The summed E-state index contributed by atoms with van der Waals surface area (Å²) < 4.78 is 33.1. The molecule has 3 aromatic carbocycles. The highest BCUT2D eigenvalue weighted by Gasteiger charge is 2.31. The van der Waals surface area contributed by atoms with Crippen LogP contribution in [0.4, 0.5) is 19.3 Å². The minimum atomic E-state index is -0.835. The number of halogens is 3. The SMILES string of the molecule is O=C(Nc1ccc(F)cc1F)N(Cc1ccccc1)C1CCOc2ccc(Cl)cc21. The Morgan fingerprint density at radius 2 is 1.90 bits per heavy atom. The highest BCUT2D eigenvalue weighted by Crippen LogP contribution is 2.38. The number of nitrogens with one attached hydrogen (secondary N) is 1. The smallest absolute Gasteiger partial charge is 0.322 e. The van der Waals surface area contributed by atoms with E-state index in [1.54, 1.807) is 23.1 Å². The maximum atomic E-state index is 14.1. The fourth-order valence-electron chi connectivity index (χ4n) is 3.55. The zero-order valence-electron chi connectivity index (χ0n) is 15.9. The Morgan fingerprint density at radius 1 is 1.10 bits per heavy atom. The van der Waals surface area contributed by atoms with Crippen molar-refractivity contribution < 1.29 is 18.3 Å². The van der Waals surface area contributed by atoms with Crippen LogP contribution in [0.25, 0.3) is 0 Å². The molecule has 3 aromatic rings. The van der Waals surface area contributed by atoms with Crippen LogP contribution in [0.2, 0.25) is 5.02 Å². The second kappa shape index (κ2) is 8.71. The quantitative estimate of drug-likeness (QED) is 0.539. The van der Waals surface area contributed by atoms with Gasteiger partial charge in [0.25, 0.3) is 0 Å². The molecule has 1 unspecified atom stereocenters. The van der Waals surface area contributed by atoms with E-state index in [2.05, 4.69) is 5.32 Å². The average molecular weight is 429 g/mol. The minimum Gasteiger partial charge on any atom is -0.493 e. The van der Waals surface area contributed by atoms with E-state index in [1.807, 2.05) is 30.3 Å². The van der Waals surface area contributed by atoms with Gasteiger partial charge < -0.3 is 15.0 Å². The molecule has 1 atom stereocenters. The van der Waals surface area contributed by atoms with E-state index >= 15 is 0 Å². The van der Waals surface area contributed by atoms with Crippen molar-refractivity contribution in [2.45, 2.75) is 19.0 Å². The molecule has 0 saturated heterocycles. The maximum absolute atomic E-state index is 14.1. The monoisotopic (exact) mass is 428 g/mol. The number of hydrogen-bond donors (Lipinski definition) is 1. The van der Waals surface area contributed by atoms with Crippen LogP contribution in [0, 0.1) is 11.6 Å². The molecule has 0 fully saturated rings. The molecule has 4 nitrogen and oxygen atoms in total. The Kier molecular flexibility index (Phi) is 5.86. The summed E-state index contributed by atoms with van der Waals surface area (Å²) in [6.07, 6.45) is 0.555. The Bertz CT molecular complexity index is 1060. The molecule has 2 amide bonds. The number of benzene rings is 3. The lowest BCUT2D eigenvalue weighted by Crippen LogP contribution is -2.39. The minimum absolute atomic E-state index is 0.0853. The molecule has 4 rings (SSSR count). The summed E-state index contributed by atoms with van der Waals surface area (Å²) in [7, 11) is 0. The molecule has 0 saturated carbocycles. The first-order chi connectivity index (χ1) is 14.5. The van der Waals surface area contributed by atoms with Crippen molar-refractivity contribution in [2.75, 3.05) is 11.9 Å². The molecule has 1 heterocycles. The van der Waals surface area contributed by atoms with Gasteiger partial charge in [-0.05, 0) is 35.9 Å². The lowest BCUT2D eigenvalue weighted by Gasteiger charge is -2.36. The van der Waals surface area contributed by atoms with E-state index in [0.717, 1.165) is 23.3 Å². The third-order valence-electron chi connectivity index (χ3n) is 4.99. The Labute approximate surface area is 178 Å². The topological polar surface area (TPSA) is 41.6 Å². The normalized spacial score (nSPS) is 15.1. The molecular formula is C23H19ClF2N2O2. The largest absolute Gasteiger partial charge is 0.493 e. The van der Waals surface area contributed by atoms with E-state index < -0.39 is 17.7 Å². The Morgan fingerprint density at radius 3 is 2.67 bits per heavy atom. The lowest BCUT2D eigenvalue weighted by molar-refractivity contribution is 0.150. The number of hydrogen-bond acceptors (Lipinski definition) is 2. The number of carbonyl (C=O) groups excluding carboxylic acids is 1. The summed E-state index contributed by atoms with van der Waals surface area (Å²) >= 11 is 6.19. The number of ether oxygens (including phenoxy) is 1. The molecule has 1 N–H and O–H groups in total. The summed E-state index contributed by atoms with van der Waals surface area (Å²) in [5.74, 6) is -0.882. The van der Waals surface area contributed by atoms with Gasteiger partial charge in [-0.2, -0.15) is 0 Å². The zero-order chi connectivity index (χ0) is 21.1. The van der Waals surface area contributed by atoms with E-state index in [9.17, 15) is 13.6 Å². The van der Waals surface area contributed by atoms with Crippen LogP contribution in [0.15, 0.2) is 66.7 Å². The summed E-state index contributed by atoms with van der Waals surface area (Å²) in [5, 5.41) is 3.11. The summed E-state index contributed by atoms with van der Waals surface area (Å²) in [4.78, 5) is 14.8. The number of anilines is 1. The maximum Gasteiger partial charge on any atom is 0.322 e. The van der Waals surface area contributed by atoms with Crippen molar-refractivity contribution in [3.63, 3.8) is 0 Å². The molecule has 154 valence electrons. The lowest BCUT2D eigenvalue weighted by atomic mass is 9.98. The van der Waals surface area contributed by atoms with Crippen molar-refractivity contribution in [1.82, 2.24) is 4.90 Å². The molecule has 1 aliphatic rings. The molecule has 0 radical (unpaired) electrons. The van der Waals surface area contributed by atoms with Gasteiger partial charge in [-0.25, -0.2) is 13.6 Å². The average Bonchev–Trinajstić information content (AvgIpc) is 2.74. The fourth-order valence-corrected chi connectivity index (χ4v) is 3.73. The number of amides is 2. The fraction of sp³-hybridized carbons (Fsp3) is 0.174. The molecule has 30 heavy (non-hydrogen) atoms. The molecule has 0 aromatic heterocycles. The number of fused-ring (bicyclic) bond motifs is 1. The van der Waals surface area contributed by atoms with E-state index in [1.165, 1.54) is 6.07 Å². The first kappa shape index (κ1) is 20.2. The molecule has 0 bridgehead atoms. The second-order valence-electron chi connectivity index (χ2n) is 7.00. The van der Waals surface area contributed by atoms with Crippen LogP contribution >= 0.6 is 11.6 Å². The van der Waals surface area contributed by atoms with Gasteiger partial charge in [0.1, 0.15) is 17.4 Å². The Hall–Kier alpha value is -3.12. The number of urea groups is 1. The molecule has 1 aliphatic heterocycles. The van der Waals surface area contributed by atoms with Gasteiger partial charge >= 0.3 is 6.03 Å². The van der Waals surface area contributed by atoms with Crippen molar-refractivity contribution in [3.05, 3.63) is 94.5 Å². The van der Waals surface area contributed by atoms with Crippen molar-refractivity contribution in [3.8, 4) is 5.75 Å². The molecule has 0 spiro atoms. The van der Waals surface area contributed by atoms with Crippen molar-refractivity contribution in [2.24, 2.45) is 0 Å². The summed E-state index contributed by atoms with van der Waals surface area (Å²) in [5.41, 5.74) is 1.62. The summed E-state index contributed by atoms with van der Waals surface area (Å²) in [6, 6.07) is 17.0. The van der Waals surface area contributed by atoms with Crippen LogP contribution in [-0.4, -0.2) is 17.5 Å². The second-order valence-corrected chi connectivity index (χ2v) is 7.44. The first-order valence-corrected chi connectivity index (χ1v) is 9.88. The van der Waals surface area contributed by atoms with E-state index in [-0.39, 0.29) is 11.7 Å². The van der Waals surface area contributed by atoms with Crippen molar-refractivity contribution >= 4 is 23.3 Å². The zero-order valence-corrected chi connectivity index (χ0v) is 16.7. The predicted octanol–water partition coefficient (Wildman–Crippen LogP) is 6.18. The van der Waals surface area contributed by atoms with Gasteiger partial charge in [-0.15, -0.1) is 0 Å². The molecular weight excluding hydrogens is 410 g/mol. The van der Waals surface area contributed by atoms with Crippen LogP contribution < -0.4 is 10.1 Å². The number of rotatable bonds is 4. The molecule has 7 heteroatoms.